The minimum absolute atomic E-state index is 0.132. The summed E-state index contributed by atoms with van der Waals surface area (Å²) in [4.78, 5) is 0. The standard InChI is InChI=1S/C12H26N2O2S/c1-5-12(2,3)13-10-6-8-11(9-7-10)14-17(4,15)16/h10-11,13-14H,5-9H2,1-4H3/t10-,11-. The van der Waals surface area contributed by atoms with E-state index in [0.29, 0.717) is 6.04 Å². The van der Waals surface area contributed by atoms with Gasteiger partial charge in [-0.15, -0.1) is 0 Å². The molecule has 1 saturated carbocycles. The van der Waals surface area contributed by atoms with Crippen LogP contribution in [-0.2, 0) is 10.0 Å². The molecule has 1 aliphatic carbocycles. The maximum atomic E-state index is 11.1. The van der Waals surface area contributed by atoms with Gasteiger partial charge in [0.25, 0.3) is 0 Å². The molecule has 2 N–H and O–H groups in total. The van der Waals surface area contributed by atoms with Crippen LogP contribution < -0.4 is 10.0 Å². The van der Waals surface area contributed by atoms with Gasteiger partial charge < -0.3 is 5.32 Å². The lowest BCUT2D eigenvalue weighted by molar-refractivity contribution is 0.257. The summed E-state index contributed by atoms with van der Waals surface area (Å²) in [6, 6.07) is 0.662. The predicted octanol–water partition coefficient (Wildman–Crippen LogP) is 1.62. The molecule has 0 atom stereocenters. The first kappa shape index (κ1) is 14.9. The van der Waals surface area contributed by atoms with Gasteiger partial charge in [0.05, 0.1) is 6.26 Å². The summed E-state index contributed by atoms with van der Waals surface area (Å²) in [7, 11) is -3.05. The Hall–Kier alpha value is -0.130. The average molecular weight is 262 g/mol. The van der Waals surface area contributed by atoms with E-state index in [-0.39, 0.29) is 11.6 Å². The third kappa shape index (κ3) is 5.84. The molecule has 0 aromatic heterocycles. The van der Waals surface area contributed by atoms with E-state index < -0.39 is 10.0 Å². The molecule has 102 valence electrons. The van der Waals surface area contributed by atoms with Crippen molar-refractivity contribution in [2.45, 2.75) is 70.5 Å². The van der Waals surface area contributed by atoms with Gasteiger partial charge >= 0.3 is 0 Å². The van der Waals surface area contributed by atoms with Crippen LogP contribution in [0.3, 0.4) is 0 Å². The van der Waals surface area contributed by atoms with Crippen molar-refractivity contribution in [3.8, 4) is 0 Å². The van der Waals surface area contributed by atoms with Crippen molar-refractivity contribution in [1.29, 1.82) is 0 Å². The van der Waals surface area contributed by atoms with E-state index >= 15 is 0 Å². The Morgan fingerprint density at radius 3 is 2.00 bits per heavy atom. The van der Waals surface area contributed by atoms with Gasteiger partial charge in [0.15, 0.2) is 0 Å². The van der Waals surface area contributed by atoms with Crippen LogP contribution in [0.4, 0.5) is 0 Å². The molecule has 0 aromatic carbocycles. The van der Waals surface area contributed by atoms with Gasteiger partial charge in [-0.05, 0) is 46.0 Å². The zero-order chi connectivity index (χ0) is 13.1. The number of nitrogens with one attached hydrogen (secondary N) is 2. The summed E-state index contributed by atoms with van der Waals surface area (Å²) >= 11 is 0. The van der Waals surface area contributed by atoms with Gasteiger partial charge in [0.2, 0.25) is 10.0 Å². The monoisotopic (exact) mass is 262 g/mol. The molecule has 0 aromatic rings. The highest BCUT2D eigenvalue weighted by Crippen LogP contribution is 2.22. The number of sulfonamides is 1. The van der Waals surface area contributed by atoms with E-state index in [1.807, 2.05) is 0 Å². The second kappa shape index (κ2) is 5.67. The van der Waals surface area contributed by atoms with Gasteiger partial charge in [-0.25, -0.2) is 13.1 Å². The van der Waals surface area contributed by atoms with Crippen LogP contribution in [0.1, 0.15) is 52.9 Å². The minimum Gasteiger partial charge on any atom is -0.309 e. The zero-order valence-corrected chi connectivity index (χ0v) is 12.2. The van der Waals surface area contributed by atoms with E-state index in [4.69, 9.17) is 0 Å². The molecule has 0 unspecified atom stereocenters. The van der Waals surface area contributed by atoms with Crippen molar-refractivity contribution >= 4 is 10.0 Å². The van der Waals surface area contributed by atoms with Gasteiger partial charge in [0.1, 0.15) is 0 Å². The largest absolute Gasteiger partial charge is 0.309 e. The molecule has 4 nitrogen and oxygen atoms in total. The fourth-order valence-corrected chi connectivity index (χ4v) is 3.15. The predicted molar refractivity (Wildman–Crippen MR) is 71.5 cm³/mol. The van der Waals surface area contributed by atoms with Crippen molar-refractivity contribution < 1.29 is 8.42 Å². The highest BCUT2D eigenvalue weighted by Gasteiger charge is 2.26. The molecular formula is C12H26N2O2S. The molecule has 0 amide bonds. The molecule has 0 radical (unpaired) electrons. The normalized spacial score (nSPS) is 27.1. The maximum absolute atomic E-state index is 11.1. The third-order valence-electron chi connectivity index (χ3n) is 3.59. The van der Waals surface area contributed by atoms with Crippen LogP contribution in [0.15, 0.2) is 0 Å². The molecule has 0 saturated heterocycles. The Morgan fingerprint density at radius 1 is 1.12 bits per heavy atom. The molecule has 17 heavy (non-hydrogen) atoms. The smallest absolute Gasteiger partial charge is 0.208 e. The van der Waals surface area contributed by atoms with Gasteiger partial charge in [-0.1, -0.05) is 6.92 Å². The SMILES string of the molecule is CCC(C)(C)N[C@H]1CC[C@H](NS(C)(=O)=O)CC1. The van der Waals surface area contributed by atoms with Crippen molar-refractivity contribution in [1.82, 2.24) is 10.0 Å². The quantitative estimate of drug-likeness (QED) is 0.791. The Morgan fingerprint density at radius 2 is 1.59 bits per heavy atom. The average Bonchev–Trinajstić information content (AvgIpc) is 2.19. The summed E-state index contributed by atoms with van der Waals surface area (Å²) in [5.41, 5.74) is 0.182. The summed E-state index contributed by atoms with van der Waals surface area (Å²) in [5, 5.41) is 3.65. The molecular weight excluding hydrogens is 236 g/mol. The summed E-state index contributed by atoms with van der Waals surface area (Å²) < 4.78 is 25.0. The van der Waals surface area contributed by atoms with Crippen molar-refractivity contribution in [3.63, 3.8) is 0 Å². The summed E-state index contributed by atoms with van der Waals surface area (Å²) in [6.45, 7) is 6.62. The van der Waals surface area contributed by atoms with Crippen LogP contribution in [0.5, 0.6) is 0 Å². The lowest BCUT2D eigenvalue weighted by atomic mass is 9.89. The van der Waals surface area contributed by atoms with Crippen LogP contribution in [0, 0.1) is 0 Å². The van der Waals surface area contributed by atoms with E-state index in [9.17, 15) is 8.42 Å². The Kier molecular flexibility index (Phi) is 4.98. The zero-order valence-electron chi connectivity index (χ0n) is 11.4. The highest BCUT2D eigenvalue weighted by molar-refractivity contribution is 7.88. The summed E-state index contributed by atoms with van der Waals surface area (Å²) in [6.07, 6.45) is 6.31. The molecule has 5 heteroatoms. The molecule has 0 aliphatic heterocycles. The lowest BCUT2D eigenvalue weighted by Crippen LogP contribution is -2.49. The Labute approximate surface area is 106 Å². The number of hydrogen-bond acceptors (Lipinski definition) is 3. The molecule has 1 aliphatic rings. The van der Waals surface area contributed by atoms with Crippen molar-refractivity contribution in [2.24, 2.45) is 0 Å². The van der Waals surface area contributed by atoms with E-state index in [1.165, 1.54) is 6.26 Å². The van der Waals surface area contributed by atoms with Crippen LogP contribution in [0.2, 0.25) is 0 Å². The third-order valence-corrected chi connectivity index (χ3v) is 4.35. The second-order valence-electron chi connectivity index (χ2n) is 5.82. The van der Waals surface area contributed by atoms with E-state index in [0.717, 1.165) is 32.1 Å². The highest BCUT2D eigenvalue weighted by atomic mass is 32.2. The molecule has 1 fully saturated rings. The van der Waals surface area contributed by atoms with E-state index in [2.05, 4.69) is 30.8 Å². The topological polar surface area (TPSA) is 58.2 Å². The maximum Gasteiger partial charge on any atom is 0.208 e. The molecule has 1 rings (SSSR count). The lowest BCUT2D eigenvalue weighted by Gasteiger charge is -2.35. The van der Waals surface area contributed by atoms with Gasteiger partial charge in [-0.3, -0.25) is 0 Å². The summed E-state index contributed by atoms with van der Waals surface area (Å²) in [5.74, 6) is 0. The van der Waals surface area contributed by atoms with Gasteiger partial charge in [-0.2, -0.15) is 0 Å². The minimum atomic E-state index is -3.05. The van der Waals surface area contributed by atoms with Crippen molar-refractivity contribution in [3.05, 3.63) is 0 Å². The van der Waals surface area contributed by atoms with Crippen molar-refractivity contribution in [2.75, 3.05) is 6.26 Å². The van der Waals surface area contributed by atoms with Crippen LogP contribution in [-0.4, -0.2) is 32.3 Å². The molecule has 0 bridgehead atoms. The second-order valence-corrected chi connectivity index (χ2v) is 7.60. The number of rotatable bonds is 5. The Balaban J connectivity index is 2.36. The van der Waals surface area contributed by atoms with E-state index in [1.54, 1.807) is 0 Å². The fraction of sp³-hybridized carbons (Fsp3) is 1.00. The molecule has 0 heterocycles. The van der Waals surface area contributed by atoms with Crippen LogP contribution >= 0.6 is 0 Å². The first-order valence-corrected chi connectivity index (χ1v) is 8.36. The van der Waals surface area contributed by atoms with Gasteiger partial charge in [0, 0.05) is 17.6 Å². The first-order chi connectivity index (χ1) is 7.72. The Bertz CT molecular complexity index is 330. The fourth-order valence-electron chi connectivity index (χ4n) is 2.31. The van der Waals surface area contributed by atoms with Crippen LogP contribution in [0.25, 0.3) is 0 Å². The number of hydrogen-bond donors (Lipinski definition) is 2. The molecule has 0 spiro atoms. The first-order valence-electron chi connectivity index (χ1n) is 6.47.